The molecule has 0 aliphatic carbocycles. The zero-order valence-corrected chi connectivity index (χ0v) is 14.0. The van der Waals surface area contributed by atoms with Crippen LogP contribution >= 0.6 is 45.8 Å². The number of amides is 1. The highest BCUT2D eigenvalue weighted by Gasteiger charge is 2.05. The molecular formula is C14H11Cl2IN2O. The maximum Gasteiger partial charge on any atom is 0.243 e. The van der Waals surface area contributed by atoms with E-state index in [-0.39, 0.29) is 12.5 Å². The minimum Gasteiger partial charge on any atom is -0.375 e. The molecule has 2 N–H and O–H groups in total. The van der Waals surface area contributed by atoms with Gasteiger partial charge in [0.25, 0.3) is 0 Å². The third-order valence-electron chi connectivity index (χ3n) is 2.50. The first kappa shape index (κ1) is 15.4. The number of benzene rings is 2. The molecule has 104 valence electrons. The second kappa shape index (κ2) is 7.15. The van der Waals surface area contributed by atoms with Gasteiger partial charge in [-0.05, 0) is 65.1 Å². The fourth-order valence-corrected chi connectivity index (χ4v) is 2.73. The molecule has 0 aliphatic rings. The Morgan fingerprint density at radius 3 is 2.35 bits per heavy atom. The first-order chi connectivity index (χ1) is 9.54. The van der Waals surface area contributed by atoms with E-state index in [0.29, 0.717) is 15.7 Å². The second-order valence-corrected chi connectivity index (χ2v) is 6.07. The average Bonchev–Trinajstić information content (AvgIpc) is 2.40. The van der Waals surface area contributed by atoms with Crippen molar-refractivity contribution in [2.45, 2.75) is 0 Å². The van der Waals surface area contributed by atoms with E-state index in [0.717, 1.165) is 9.26 Å². The SMILES string of the molecule is O=C(CNc1ccc(Cl)cc1I)Nc1ccc(Cl)cc1. The molecule has 0 aromatic heterocycles. The fraction of sp³-hybridized carbons (Fsp3) is 0.0714. The summed E-state index contributed by atoms with van der Waals surface area (Å²) in [7, 11) is 0. The van der Waals surface area contributed by atoms with Gasteiger partial charge in [0.05, 0.1) is 6.54 Å². The fourth-order valence-electron chi connectivity index (χ4n) is 1.55. The van der Waals surface area contributed by atoms with Crippen molar-refractivity contribution >= 4 is 63.1 Å². The highest BCUT2D eigenvalue weighted by atomic mass is 127. The van der Waals surface area contributed by atoms with Gasteiger partial charge in [0, 0.05) is 25.0 Å². The molecular weight excluding hydrogens is 410 g/mol. The van der Waals surface area contributed by atoms with Crippen molar-refractivity contribution in [1.82, 2.24) is 0 Å². The Labute approximate surface area is 140 Å². The van der Waals surface area contributed by atoms with Crippen molar-refractivity contribution in [3.8, 4) is 0 Å². The Balaban J connectivity index is 1.90. The quantitative estimate of drug-likeness (QED) is 0.707. The van der Waals surface area contributed by atoms with Gasteiger partial charge in [-0.25, -0.2) is 0 Å². The van der Waals surface area contributed by atoms with Crippen molar-refractivity contribution in [2.75, 3.05) is 17.2 Å². The molecule has 0 fully saturated rings. The first-order valence-corrected chi connectivity index (χ1v) is 7.62. The van der Waals surface area contributed by atoms with Gasteiger partial charge < -0.3 is 10.6 Å². The number of carbonyl (C=O) groups is 1. The van der Waals surface area contributed by atoms with Crippen LogP contribution in [0, 0.1) is 3.57 Å². The lowest BCUT2D eigenvalue weighted by molar-refractivity contribution is -0.114. The highest BCUT2D eigenvalue weighted by molar-refractivity contribution is 14.1. The lowest BCUT2D eigenvalue weighted by Crippen LogP contribution is -2.22. The molecule has 0 aliphatic heterocycles. The minimum atomic E-state index is -0.127. The first-order valence-electron chi connectivity index (χ1n) is 5.79. The molecule has 20 heavy (non-hydrogen) atoms. The summed E-state index contributed by atoms with van der Waals surface area (Å²) >= 11 is 13.8. The molecule has 0 heterocycles. The monoisotopic (exact) mass is 420 g/mol. The average molecular weight is 421 g/mol. The largest absolute Gasteiger partial charge is 0.375 e. The minimum absolute atomic E-state index is 0.127. The number of rotatable bonds is 4. The standard InChI is InChI=1S/C14H11Cl2IN2O/c15-9-1-4-11(5-2-9)19-14(20)8-18-13-6-3-10(16)7-12(13)17/h1-7,18H,8H2,(H,19,20). The summed E-state index contributed by atoms with van der Waals surface area (Å²) < 4.78 is 0.967. The number of anilines is 2. The van der Waals surface area contributed by atoms with E-state index in [1.807, 2.05) is 12.1 Å². The topological polar surface area (TPSA) is 41.1 Å². The Morgan fingerprint density at radius 1 is 1.05 bits per heavy atom. The van der Waals surface area contributed by atoms with Gasteiger partial charge in [-0.3, -0.25) is 4.79 Å². The third kappa shape index (κ3) is 4.54. The maximum absolute atomic E-state index is 11.8. The zero-order chi connectivity index (χ0) is 14.5. The number of carbonyl (C=O) groups excluding carboxylic acids is 1. The van der Waals surface area contributed by atoms with E-state index in [1.165, 1.54) is 0 Å². The normalized spacial score (nSPS) is 10.2. The third-order valence-corrected chi connectivity index (χ3v) is 3.88. The van der Waals surface area contributed by atoms with Crippen LogP contribution in [-0.4, -0.2) is 12.5 Å². The number of nitrogens with one attached hydrogen (secondary N) is 2. The van der Waals surface area contributed by atoms with Crippen LogP contribution in [0.4, 0.5) is 11.4 Å². The molecule has 3 nitrogen and oxygen atoms in total. The highest BCUT2D eigenvalue weighted by Crippen LogP contribution is 2.22. The van der Waals surface area contributed by atoms with Gasteiger partial charge in [0.2, 0.25) is 5.91 Å². The van der Waals surface area contributed by atoms with Crippen molar-refractivity contribution in [2.24, 2.45) is 0 Å². The van der Waals surface area contributed by atoms with Crippen LogP contribution in [0.25, 0.3) is 0 Å². The van der Waals surface area contributed by atoms with Gasteiger partial charge in [-0.15, -0.1) is 0 Å². The van der Waals surface area contributed by atoms with Crippen LogP contribution in [0.3, 0.4) is 0 Å². The maximum atomic E-state index is 11.8. The molecule has 1 amide bonds. The molecule has 6 heteroatoms. The van der Waals surface area contributed by atoms with Gasteiger partial charge in [-0.2, -0.15) is 0 Å². The molecule has 0 atom stereocenters. The van der Waals surface area contributed by atoms with E-state index < -0.39 is 0 Å². The van der Waals surface area contributed by atoms with Crippen LogP contribution in [-0.2, 0) is 4.79 Å². The van der Waals surface area contributed by atoms with Gasteiger partial charge in [0.1, 0.15) is 0 Å². The lowest BCUT2D eigenvalue weighted by atomic mass is 10.3. The summed E-state index contributed by atoms with van der Waals surface area (Å²) in [5.41, 5.74) is 1.59. The van der Waals surface area contributed by atoms with Gasteiger partial charge in [-0.1, -0.05) is 23.2 Å². The van der Waals surface area contributed by atoms with E-state index in [4.69, 9.17) is 23.2 Å². The van der Waals surface area contributed by atoms with Gasteiger partial charge >= 0.3 is 0 Å². The second-order valence-electron chi connectivity index (χ2n) is 4.03. The summed E-state index contributed by atoms with van der Waals surface area (Å²) in [4.78, 5) is 11.8. The molecule has 0 spiro atoms. The molecule has 2 aromatic rings. The van der Waals surface area contributed by atoms with Crippen LogP contribution in [0.5, 0.6) is 0 Å². The zero-order valence-electron chi connectivity index (χ0n) is 10.3. The molecule has 0 radical (unpaired) electrons. The molecule has 0 saturated heterocycles. The summed E-state index contributed by atoms with van der Waals surface area (Å²) in [5.74, 6) is -0.127. The lowest BCUT2D eigenvalue weighted by Gasteiger charge is -2.09. The van der Waals surface area contributed by atoms with Crippen LogP contribution in [0.2, 0.25) is 10.0 Å². The summed E-state index contributed by atoms with van der Waals surface area (Å²) in [6.07, 6.45) is 0. The smallest absolute Gasteiger partial charge is 0.243 e. The van der Waals surface area contributed by atoms with E-state index in [1.54, 1.807) is 30.3 Å². The van der Waals surface area contributed by atoms with E-state index in [2.05, 4.69) is 33.2 Å². The molecule has 0 saturated carbocycles. The molecule has 0 bridgehead atoms. The predicted molar refractivity (Wildman–Crippen MR) is 92.7 cm³/mol. The Bertz CT molecular complexity index is 617. The molecule has 2 aromatic carbocycles. The predicted octanol–water partition coefficient (Wildman–Crippen LogP) is 4.65. The van der Waals surface area contributed by atoms with Crippen molar-refractivity contribution in [3.63, 3.8) is 0 Å². The van der Waals surface area contributed by atoms with Crippen molar-refractivity contribution in [1.29, 1.82) is 0 Å². The van der Waals surface area contributed by atoms with Crippen molar-refractivity contribution < 1.29 is 4.79 Å². The van der Waals surface area contributed by atoms with Crippen LogP contribution in [0.1, 0.15) is 0 Å². The summed E-state index contributed by atoms with van der Waals surface area (Å²) in [5, 5.41) is 7.16. The number of halogens is 3. The van der Waals surface area contributed by atoms with Crippen LogP contribution in [0.15, 0.2) is 42.5 Å². The van der Waals surface area contributed by atoms with Gasteiger partial charge in [0.15, 0.2) is 0 Å². The Kier molecular flexibility index (Phi) is 5.51. The molecule has 2 rings (SSSR count). The molecule has 0 unspecified atom stereocenters. The summed E-state index contributed by atoms with van der Waals surface area (Å²) in [6, 6.07) is 12.4. The Morgan fingerprint density at radius 2 is 1.70 bits per heavy atom. The van der Waals surface area contributed by atoms with E-state index >= 15 is 0 Å². The summed E-state index contributed by atoms with van der Waals surface area (Å²) in [6.45, 7) is 0.181. The number of hydrogen-bond acceptors (Lipinski definition) is 2. The van der Waals surface area contributed by atoms with Crippen LogP contribution < -0.4 is 10.6 Å². The van der Waals surface area contributed by atoms with Crippen molar-refractivity contribution in [3.05, 3.63) is 56.1 Å². The van der Waals surface area contributed by atoms with E-state index in [9.17, 15) is 4.79 Å². The number of hydrogen-bond donors (Lipinski definition) is 2. The Hall–Kier alpha value is -0.980.